The summed E-state index contributed by atoms with van der Waals surface area (Å²) in [5, 5.41) is 1.68. The smallest absolute Gasteiger partial charge is 0.129 e. The van der Waals surface area contributed by atoms with E-state index in [1.54, 1.807) is 17.5 Å². The SMILES string of the molecule is Clc1cc2cc(Br)sc2cn1. The van der Waals surface area contributed by atoms with Crippen molar-refractivity contribution in [3.63, 3.8) is 0 Å². The van der Waals surface area contributed by atoms with E-state index in [-0.39, 0.29) is 0 Å². The minimum Gasteiger partial charge on any atom is -0.243 e. The molecule has 4 heteroatoms. The van der Waals surface area contributed by atoms with Gasteiger partial charge in [-0.25, -0.2) is 4.98 Å². The molecule has 0 aliphatic rings. The van der Waals surface area contributed by atoms with Crippen molar-refractivity contribution in [1.82, 2.24) is 4.98 Å². The summed E-state index contributed by atoms with van der Waals surface area (Å²) in [5.74, 6) is 0. The van der Waals surface area contributed by atoms with E-state index in [1.807, 2.05) is 12.1 Å². The number of pyridine rings is 1. The number of rotatable bonds is 0. The molecule has 56 valence electrons. The minimum absolute atomic E-state index is 0.544. The summed E-state index contributed by atoms with van der Waals surface area (Å²) >= 11 is 10.8. The van der Waals surface area contributed by atoms with E-state index in [9.17, 15) is 0 Å². The van der Waals surface area contributed by atoms with Gasteiger partial charge in [-0.05, 0) is 33.4 Å². The van der Waals surface area contributed by atoms with Crippen molar-refractivity contribution in [3.05, 3.63) is 27.3 Å². The molecule has 1 nitrogen and oxygen atoms in total. The molecule has 2 heterocycles. The molecule has 0 atom stereocenters. The van der Waals surface area contributed by atoms with Crippen molar-refractivity contribution in [2.75, 3.05) is 0 Å². The van der Waals surface area contributed by atoms with Crippen molar-refractivity contribution in [1.29, 1.82) is 0 Å². The number of hydrogen-bond acceptors (Lipinski definition) is 2. The Labute approximate surface area is 81.1 Å². The van der Waals surface area contributed by atoms with Crippen LogP contribution in [0.25, 0.3) is 10.1 Å². The monoisotopic (exact) mass is 247 g/mol. The third-order valence-electron chi connectivity index (χ3n) is 1.34. The van der Waals surface area contributed by atoms with Gasteiger partial charge in [0.25, 0.3) is 0 Å². The number of halogens is 2. The molecular formula is C7H3BrClNS. The molecule has 0 saturated carbocycles. The fourth-order valence-corrected chi connectivity index (χ4v) is 2.56. The van der Waals surface area contributed by atoms with Crippen molar-refractivity contribution in [3.8, 4) is 0 Å². The van der Waals surface area contributed by atoms with Gasteiger partial charge in [0.1, 0.15) is 5.15 Å². The van der Waals surface area contributed by atoms with E-state index < -0.39 is 0 Å². The first kappa shape index (κ1) is 7.53. The first-order valence-electron chi connectivity index (χ1n) is 2.96. The highest BCUT2D eigenvalue weighted by Crippen LogP contribution is 2.29. The average molecular weight is 249 g/mol. The zero-order valence-electron chi connectivity index (χ0n) is 5.34. The highest BCUT2D eigenvalue weighted by molar-refractivity contribution is 9.11. The van der Waals surface area contributed by atoms with Crippen LogP contribution in [-0.4, -0.2) is 4.98 Å². The van der Waals surface area contributed by atoms with Crippen molar-refractivity contribution in [2.24, 2.45) is 0 Å². The third-order valence-corrected chi connectivity index (χ3v) is 3.14. The predicted octanol–water partition coefficient (Wildman–Crippen LogP) is 3.71. The maximum Gasteiger partial charge on any atom is 0.129 e. The topological polar surface area (TPSA) is 12.9 Å². The Morgan fingerprint density at radius 2 is 2.27 bits per heavy atom. The second-order valence-electron chi connectivity index (χ2n) is 2.10. The Balaban J connectivity index is 2.82. The summed E-state index contributed by atoms with van der Waals surface area (Å²) < 4.78 is 2.26. The first-order chi connectivity index (χ1) is 5.25. The van der Waals surface area contributed by atoms with Gasteiger partial charge in [-0.1, -0.05) is 11.6 Å². The highest BCUT2D eigenvalue weighted by Gasteiger charge is 1.99. The minimum atomic E-state index is 0.544. The van der Waals surface area contributed by atoms with Gasteiger partial charge in [-0.15, -0.1) is 11.3 Å². The standard InChI is InChI=1S/C7H3BrClNS/c8-6-1-4-2-7(9)10-3-5(4)11-6/h1-3H. The highest BCUT2D eigenvalue weighted by atomic mass is 79.9. The largest absolute Gasteiger partial charge is 0.243 e. The van der Waals surface area contributed by atoms with E-state index >= 15 is 0 Å². The second-order valence-corrected chi connectivity index (χ2v) is 4.95. The van der Waals surface area contributed by atoms with Crippen LogP contribution < -0.4 is 0 Å². The van der Waals surface area contributed by atoms with Gasteiger partial charge in [0.2, 0.25) is 0 Å². The van der Waals surface area contributed by atoms with Crippen LogP contribution in [0.5, 0.6) is 0 Å². The van der Waals surface area contributed by atoms with Gasteiger partial charge in [0.05, 0.1) is 8.49 Å². The number of nitrogens with zero attached hydrogens (tertiary/aromatic N) is 1. The number of thiophene rings is 1. The lowest BCUT2D eigenvalue weighted by atomic mass is 10.3. The molecule has 2 aromatic heterocycles. The number of fused-ring (bicyclic) bond motifs is 1. The molecule has 0 radical (unpaired) electrons. The van der Waals surface area contributed by atoms with Crippen LogP contribution in [0, 0.1) is 0 Å². The second kappa shape index (κ2) is 2.73. The van der Waals surface area contributed by atoms with Crippen LogP contribution in [0.3, 0.4) is 0 Å². The Kier molecular flexibility index (Phi) is 1.87. The quantitative estimate of drug-likeness (QED) is 0.648. The van der Waals surface area contributed by atoms with E-state index in [1.165, 1.54) is 0 Å². The molecule has 2 rings (SSSR count). The molecule has 0 saturated heterocycles. The molecular weight excluding hydrogens is 246 g/mol. The van der Waals surface area contributed by atoms with Crippen LogP contribution in [0.4, 0.5) is 0 Å². The Morgan fingerprint density at radius 3 is 3.09 bits per heavy atom. The lowest BCUT2D eigenvalue weighted by Crippen LogP contribution is -1.69. The summed E-state index contributed by atoms with van der Waals surface area (Å²) in [5.41, 5.74) is 0. The average Bonchev–Trinajstić information content (AvgIpc) is 2.27. The lowest BCUT2D eigenvalue weighted by molar-refractivity contribution is 1.37. The van der Waals surface area contributed by atoms with Crippen LogP contribution in [0.2, 0.25) is 5.15 Å². The van der Waals surface area contributed by atoms with Crippen molar-refractivity contribution < 1.29 is 0 Å². The van der Waals surface area contributed by atoms with Gasteiger partial charge in [-0.2, -0.15) is 0 Å². The van der Waals surface area contributed by atoms with Gasteiger partial charge < -0.3 is 0 Å². The van der Waals surface area contributed by atoms with Crippen molar-refractivity contribution in [2.45, 2.75) is 0 Å². The summed E-state index contributed by atoms with van der Waals surface area (Å²) in [6.07, 6.45) is 1.78. The molecule has 2 aromatic rings. The molecule has 0 fully saturated rings. The fourth-order valence-electron chi connectivity index (χ4n) is 0.886. The fraction of sp³-hybridized carbons (Fsp3) is 0. The van der Waals surface area contributed by atoms with Crippen molar-refractivity contribution >= 4 is 49.0 Å². The summed E-state index contributed by atoms with van der Waals surface area (Å²) in [6, 6.07) is 3.89. The summed E-state index contributed by atoms with van der Waals surface area (Å²) in [7, 11) is 0. The molecule has 0 aliphatic heterocycles. The van der Waals surface area contributed by atoms with E-state index in [2.05, 4.69) is 20.9 Å². The van der Waals surface area contributed by atoms with Crippen LogP contribution in [-0.2, 0) is 0 Å². The molecule has 0 aromatic carbocycles. The summed E-state index contributed by atoms with van der Waals surface area (Å²) in [6.45, 7) is 0. The molecule has 0 aliphatic carbocycles. The lowest BCUT2D eigenvalue weighted by Gasteiger charge is -1.87. The zero-order valence-corrected chi connectivity index (χ0v) is 8.50. The van der Waals surface area contributed by atoms with Crippen LogP contribution >= 0.6 is 38.9 Å². The van der Waals surface area contributed by atoms with Gasteiger partial charge in [-0.3, -0.25) is 0 Å². The van der Waals surface area contributed by atoms with Gasteiger partial charge >= 0.3 is 0 Å². The number of hydrogen-bond donors (Lipinski definition) is 0. The van der Waals surface area contributed by atoms with Gasteiger partial charge in [0.15, 0.2) is 0 Å². The Bertz CT molecular complexity index is 398. The van der Waals surface area contributed by atoms with Crippen LogP contribution in [0.15, 0.2) is 22.1 Å². The molecule has 0 amide bonds. The predicted molar refractivity (Wildman–Crippen MR) is 52.3 cm³/mol. The van der Waals surface area contributed by atoms with E-state index in [0.717, 1.165) is 13.9 Å². The molecule has 0 N–H and O–H groups in total. The molecule has 0 unspecified atom stereocenters. The molecule has 0 bridgehead atoms. The normalized spacial score (nSPS) is 10.7. The zero-order chi connectivity index (χ0) is 7.84. The van der Waals surface area contributed by atoms with E-state index in [0.29, 0.717) is 5.15 Å². The van der Waals surface area contributed by atoms with E-state index in [4.69, 9.17) is 11.6 Å². The number of aromatic nitrogens is 1. The van der Waals surface area contributed by atoms with Gasteiger partial charge in [0, 0.05) is 6.20 Å². The van der Waals surface area contributed by atoms with Crippen LogP contribution in [0.1, 0.15) is 0 Å². The third kappa shape index (κ3) is 1.41. The Hall–Kier alpha value is -0.120. The summed E-state index contributed by atoms with van der Waals surface area (Å²) in [4.78, 5) is 3.98. The maximum absolute atomic E-state index is 5.71. The Morgan fingerprint density at radius 1 is 1.45 bits per heavy atom. The molecule has 0 spiro atoms. The molecule has 11 heavy (non-hydrogen) atoms. The maximum atomic E-state index is 5.71. The first-order valence-corrected chi connectivity index (χ1v) is 4.95.